The summed E-state index contributed by atoms with van der Waals surface area (Å²) in [6, 6.07) is 12.2. The predicted molar refractivity (Wildman–Crippen MR) is 104 cm³/mol. The lowest BCUT2D eigenvalue weighted by molar-refractivity contribution is 0.131. The van der Waals surface area contributed by atoms with Crippen LogP contribution in [0.25, 0.3) is 21.7 Å². The zero-order valence-corrected chi connectivity index (χ0v) is 15.0. The molecule has 130 valence electrons. The molecule has 1 N–H and O–H groups in total. The number of H-pyrrole nitrogens is 1. The predicted octanol–water partition coefficient (Wildman–Crippen LogP) is 3.13. The number of rotatable bonds is 3. The van der Waals surface area contributed by atoms with Gasteiger partial charge in [0.15, 0.2) is 5.43 Å². The van der Waals surface area contributed by atoms with Gasteiger partial charge in [-0.15, -0.1) is 0 Å². The van der Waals surface area contributed by atoms with Gasteiger partial charge in [-0.1, -0.05) is 37.3 Å². The van der Waals surface area contributed by atoms with E-state index in [4.69, 9.17) is 0 Å². The highest BCUT2D eigenvalue weighted by Crippen LogP contribution is 2.23. The van der Waals surface area contributed by atoms with Crippen molar-refractivity contribution in [2.45, 2.75) is 20.4 Å². The molecule has 1 aliphatic rings. The van der Waals surface area contributed by atoms with Gasteiger partial charge in [-0.25, -0.2) is 0 Å². The Labute approximate surface area is 148 Å². The molecular formula is C21H25N3O. The van der Waals surface area contributed by atoms with Gasteiger partial charge in [-0.2, -0.15) is 0 Å². The lowest BCUT2D eigenvalue weighted by atomic mass is 10.0. The van der Waals surface area contributed by atoms with Crippen LogP contribution in [0.3, 0.4) is 0 Å². The van der Waals surface area contributed by atoms with Gasteiger partial charge in [0.2, 0.25) is 0 Å². The Hall–Kier alpha value is -2.17. The van der Waals surface area contributed by atoms with E-state index in [2.05, 4.69) is 33.8 Å². The van der Waals surface area contributed by atoms with Crippen molar-refractivity contribution >= 4 is 21.7 Å². The van der Waals surface area contributed by atoms with Crippen molar-refractivity contribution in [1.82, 2.24) is 14.8 Å². The molecule has 1 aliphatic heterocycles. The molecule has 0 radical (unpaired) electrons. The number of nitrogens with zero attached hydrogens (tertiary/aromatic N) is 2. The van der Waals surface area contributed by atoms with Crippen LogP contribution in [0.4, 0.5) is 0 Å². The van der Waals surface area contributed by atoms with Crippen LogP contribution in [-0.2, 0) is 6.54 Å². The summed E-state index contributed by atoms with van der Waals surface area (Å²) >= 11 is 0. The van der Waals surface area contributed by atoms with Crippen molar-refractivity contribution in [2.75, 3.05) is 32.7 Å². The minimum Gasteiger partial charge on any atom is -0.358 e. The Morgan fingerprint density at radius 2 is 1.68 bits per heavy atom. The standard InChI is InChI=1S/C21H25N3O/c1-3-23-10-12-24(13-11-23)14-19-15(2)22-20-17-7-5-4-6-16(17)8-9-18(20)21(19)25/h4-9H,3,10-14H2,1-2H3,(H,22,25). The number of likely N-dealkylation sites (N-methyl/N-ethyl adjacent to an activating group) is 1. The number of aromatic amines is 1. The highest BCUT2D eigenvalue weighted by atomic mass is 16.1. The van der Waals surface area contributed by atoms with Crippen molar-refractivity contribution in [2.24, 2.45) is 0 Å². The Kier molecular flexibility index (Phi) is 4.32. The van der Waals surface area contributed by atoms with Gasteiger partial charge in [-0.3, -0.25) is 9.69 Å². The molecule has 4 heteroatoms. The summed E-state index contributed by atoms with van der Waals surface area (Å²) in [7, 11) is 0. The van der Waals surface area contributed by atoms with E-state index in [1.165, 1.54) is 0 Å². The third-order valence-electron chi connectivity index (χ3n) is 5.51. The summed E-state index contributed by atoms with van der Waals surface area (Å²) in [6.07, 6.45) is 0. The van der Waals surface area contributed by atoms with Gasteiger partial charge in [0, 0.05) is 54.8 Å². The van der Waals surface area contributed by atoms with Crippen LogP contribution in [-0.4, -0.2) is 47.5 Å². The molecule has 1 aromatic heterocycles. The number of fused-ring (bicyclic) bond motifs is 3. The molecule has 0 atom stereocenters. The number of hydrogen-bond acceptors (Lipinski definition) is 3. The van der Waals surface area contributed by atoms with Crippen molar-refractivity contribution < 1.29 is 0 Å². The van der Waals surface area contributed by atoms with Crippen molar-refractivity contribution in [3.05, 3.63) is 57.9 Å². The molecular weight excluding hydrogens is 310 g/mol. The van der Waals surface area contributed by atoms with E-state index in [0.29, 0.717) is 0 Å². The highest BCUT2D eigenvalue weighted by Gasteiger charge is 2.19. The molecule has 0 bridgehead atoms. The molecule has 4 rings (SSSR count). The molecule has 2 aromatic carbocycles. The van der Waals surface area contributed by atoms with Crippen molar-refractivity contribution in [3.8, 4) is 0 Å². The second-order valence-electron chi connectivity index (χ2n) is 6.98. The Balaban J connectivity index is 1.73. The van der Waals surface area contributed by atoms with Crippen LogP contribution < -0.4 is 5.43 Å². The van der Waals surface area contributed by atoms with Gasteiger partial charge in [0.1, 0.15) is 0 Å². The van der Waals surface area contributed by atoms with Crippen molar-refractivity contribution in [3.63, 3.8) is 0 Å². The number of nitrogens with one attached hydrogen (secondary N) is 1. The molecule has 0 unspecified atom stereocenters. The Morgan fingerprint density at radius 1 is 0.960 bits per heavy atom. The smallest absolute Gasteiger partial charge is 0.194 e. The minimum absolute atomic E-state index is 0.176. The largest absolute Gasteiger partial charge is 0.358 e. The fraction of sp³-hybridized carbons (Fsp3) is 0.381. The molecule has 4 nitrogen and oxygen atoms in total. The summed E-state index contributed by atoms with van der Waals surface area (Å²) in [6.45, 7) is 10.3. The number of aromatic nitrogens is 1. The van der Waals surface area contributed by atoms with Crippen LogP contribution in [0.1, 0.15) is 18.2 Å². The SMILES string of the molecule is CCN1CCN(Cc2c(C)[nH]c3c(ccc4ccccc43)c2=O)CC1. The van der Waals surface area contributed by atoms with Gasteiger partial charge in [-0.05, 0) is 24.9 Å². The lowest BCUT2D eigenvalue weighted by Crippen LogP contribution is -2.46. The van der Waals surface area contributed by atoms with Crippen LogP contribution in [0.2, 0.25) is 0 Å². The summed E-state index contributed by atoms with van der Waals surface area (Å²) in [5, 5.41) is 3.07. The van der Waals surface area contributed by atoms with E-state index in [9.17, 15) is 4.79 Å². The maximum Gasteiger partial charge on any atom is 0.194 e. The van der Waals surface area contributed by atoms with Gasteiger partial charge in [0.05, 0.1) is 5.52 Å². The number of aryl methyl sites for hydroxylation is 1. The summed E-state index contributed by atoms with van der Waals surface area (Å²) in [4.78, 5) is 21.5. The second-order valence-corrected chi connectivity index (χ2v) is 6.98. The average molecular weight is 335 g/mol. The maximum absolute atomic E-state index is 13.1. The first kappa shape index (κ1) is 16.3. The quantitative estimate of drug-likeness (QED) is 0.748. The zero-order valence-electron chi connectivity index (χ0n) is 15.0. The maximum atomic E-state index is 13.1. The van der Waals surface area contributed by atoms with E-state index in [-0.39, 0.29) is 5.43 Å². The Bertz CT molecular complexity index is 968. The van der Waals surface area contributed by atoms with E-state index >= 15 is 0 Å². The van der Waals surface area contributed by atoms with Crippen LogP contribution >= 0.6 is 0 Å². The first-order chi connectivity index (χ1) is 12.2. The highest BCUT2D eigenvalue weighted by molar-refractivity contribution is 6.05. The first-order valence-electron chi connectivity index (χ1n) is 9.15. The van der Waals surface area contributed by atoms with Crippen molar-refractivity contribution in [1.29, 1.82) is 0 Å². The summed E-state index contributed by atoms with van der Waals surface area (Å²) in [5.74, 6) is 0. The molecule has 0 amide bonds. The van der Waals surface area contributed by atoms with Gasteiger partial charge in [0.25, 0.3) is 0 Å². The van der Waals surface area contributed by atoms with E-state index in [1.807, 2.05) is 31.2 Å². The fourth-order valence-electron chi connectivity index (χ4n) is 3.87. The minimum atomic E-state index is 0.176. The average Bonchev–Trinajstić information content (AvgIpc) is 2.65. The first-order valence-corrected chi connectivity index (χ1v) is 9.15. The number of pyridine rings is 1. The normalized spacial score (nSPS) is 16.7. The molecule has 0 aliphatic carbocycles. The fourth-order valence-corrected chi connectivity index (χ4v) is 3.87. The van der Waals surface area contributed by atoms with E-state index in [0.717, 1.165) is 72.2 Å². The summed E-state index contributed by atoms with van der Waals surface area (Å²) in [5.41, 5.74) is 3.04. The monoisotopic (exact) mass is 335 g/mol. The van der Waals surface area contributed by atoms with Crippen LogP contribution in [0.15, 0.2) is 41.2 Å². The molecule has 2 heterocycles. The molecule has 25 heavy (non-hydrogen) atoms. The Morgan fingerprint density at radius 3 is 2.44 bits per heavy atom. The lowest BCUT2D eigenvalue weighted by Gasteiger charge is -2.34. The van der Waals surface area contributed by atoms with Crippen LogP contribution in [0.5, 0.6) is 0 Å². The third-order valence-corrected chi connectivity index (χ3v) is 5.51. The molecule has 0 spiro atoms. The number of hydrogen-bond donors (Lipinski definition) is 1. The van der Waals surface area contributed by atoms with E-state index < -0.39 is 0 Å². The third kappa shape index (κ3) is 2.96. The zero-order chi connectivity index (χ0) is 17.4. The van der Waals surface area contributed by atoms with Gasteiger partial charge >= 0.3 is 0 Å². The van der Waals surface area contributed by atoms with E-state index in [1.54, 1.807) is 0 Å². The second kappa shape index (κ2) is 6.62. The number of piperazine rings is 1. The summed E-state index contributed by atoms with van der Waals surface area (Å²) < 4.78 is 0. The molecule has 1 saturated heterocycles. The molecule has 3 aromatic rings. The molecule has 0 saturated carbocycles. The topological polar surface area (TPSA) is 39.3 Å². The van der Waals surface area contributed by atoms with Crippen LogP contribution in [0, 0.1) is 6.92 Å². The molecule has 1 fully saturated rings. The van der Waals surface area contributed by atoms with Gasteiger partial charge < -0.3 is 9.88 Å². The number of benzene rings is 2.